The number of nitrogens with one attached hydrogen (secondary N) is 1. The molecule has 1 aliphatic heterocycles. The summed E-state index contributed by atoms with van der Waals surface area (Å²) in [6, 6.07) is 9.99. The Morgan fingerprint density at radius 2 is 1.61 bits per heavy atom. The van der Waals surface area contributed by atoms with E-state index in [4.69, 9.17) is 9.88 Å². The number of carbonyl (C=O) groups is 1. The van der Waals surface area contributed by atoms with Gasteiger partial charge in [0.05, 0.1) is 9.79 Å². The lowest BCUT2D eigenvalue weighted by Crippen LogP contribution is -2.35. The van der Waals surface area contributed by atoms with Crippen LogP contribution in [0.5, 0.6) is 5.75 Å². The second kappa shape index (κ2) is 9.35. The molecule has 2 aromatic rings. The number of anilines is 1. The van der Waals surface area contributed by atoms with Crippen molar-refractivity contribution in [3.05, 3.63) is 48.0 Å². The normalized spacial score (nSPS) is 15.4. The number of sulfonamides is 2. The summed E-state index contributed by atoms with van der Waals surface area (Å²) in [4.78, 5) is 12.3. The van der Waals surface area contributed by atoms with Crippen LogP contribution in [0, 0.1) is 6.92 Å². The van der Waals surface area contributed by atoms with Crippen LogP contribution in [0.3, 0.4) is 0 Å². The van der Waals surface area contributed by atoms with E-state index in [1.165, 1.54) is 34.6 Å². The minimum Gasteiger partial charge on any atom is -0.483 e. The largest absolute Gasteiger partial charge is 0.483 e. The lowest BCUT2D eigenvalue weighted by molar-refractivity contribution is -0.118. The van der Waals surface area contributed by atoms with Crippen molar-refractivity contribution in [1.82, 2.24) is 4.31 Å². The fraction of sp³-hybridized carbons (Fsp3) is 0.350. The topological polar surface area (TPSA) is 136 Å². The second-order valence-electron chi connectivity index (χ2n) is 7.30. The van der Waals surface area contributed by atoms with Gasteiger partial charge < -0.3 is 10.1 Å². The summed E-state index contributed by atoms with van der Waals surface area (Å²) in [6.07, 6.45) is 2.76. The van der Waals surface area contributed by atoms with E-state index in [1.54, 1.807) is 19.1 Å². The maximum atomic E-state index is 12.8. The molecule has 9 nitrogen and oxygen atoms in total. The highest BCUT2D eigenvalue weighted by molar-refractivity contribution is 7.89. The molecule has 168 valence electrons. The molecule has 31 heavy (non-hydrogen) atoms. The minimum absolute atomic E-state index is 0.0584. The van der Waals surface area contributed by atoms with Gasteiger partial charge in [-0.2, -0.15) is 4.31 Å². The predicted octanol–water partition coefficient (Wildman–Crippen LogP) is 1.83. The van der Waals surface area contributed by atoms with Gasteiger partial charge in [-0.15, -0.1) is 0 Å². The summed E-state index contributed by atoms with van der Waals surface area (Å²) in [6.45, 7) is 2.47. The van der Waals surface area contributed by atoms with Crippen LogP contribution in [-0.4, -0.2) is 46.7 Å². The molecule has 11 heteroatoms. The zero-order valence-corrected chi connectivity index (χ0v) is 18.7. The first-order valence-corrected chi connectivity index (χ1v) is 12.7. The van der Waals surface area contributed by atoms with Gasteiger partial charge in [0.1, 0.15) is 5.75 Å². The third-order valence-electron chi connectivity index (χ3n) is 4.92. The van der Waals surface area contributed by atoms with Crippen molar-refractivity contribution < 1.29 is 26.4 Å². The zero-order valence-electron chi connectivity index (χ0n) is 17.1. The van der Waals surface area contributed by atoms with Gasteiger partial charge >= 0.3 is 0 Å². The molecule has 0 spiro atoms. The number of hydrogen-bond acceptors (Lipinski definition) is 6. The molecule has 1 aliphatic rings. The number of ether oxygens (including phenoxy) is 1. The van der Waals surface area contributed by atoms with E-state index in [0.717, 1.165) is 19.3 Å². The van der Waals surface area contributed by atoms with Gasteiger partial charge in [0.15, 0.2) is 6.61 Å². The first kappa shape index (κ1) is 23.2. The minimum atomic E-state index is -3.80. The highest BCUT2D eigenvalue weighted by Crippen LogP contribution is 2.26. The van der Waals surface area contributed by atoms with Crippen molar-refractivity contribution in [2.75, 3.05) is 25.0 Å². The Morgan fingerprint density at radius 1 is 1.00 bits per heavy atom. The van der Waals surface area contributed by atoms with E-state index in [2.05, 4.69) is 5.32 Å². The van der Waals surface area contributed by atoms with Crippen LogP contribution < -0.4 is 15.2 Å². The van der Waals surface area contributed by atoms with Crippen LogP contribution in [0.4, 0.5) is 5.69 Å². The molecule has 3 rings (SSSR count). The molecular formula is C20H25N3O6S2. The summed E-state index contributed by atoms with van der Waals surface area (Å²) in [5.74, 6) is -0.0508. The maximum Gasteiger partial charge on any atom is 0.262 e. The van der Waals surface area contributed by atoms with Crippen LogP contribution in [0.15, 0.2) is 52.3 Å². The molecule has 0 atom stereocenters. The zero-order chi connectivity index (χ0) is 22.6. The Balaban J connectivity index is 1.61. The van der Waals surface area contributed by atoms with Crippen molar-refractivity contribution in [2.24, 2.45) is 5.14 Å². The monoisotopic (exact) mass is 467 g/mol. The molecule has 0 unspecified atom stereocenters. The van der Waals surface area contributed by atoms with E-state index in [9.17, 15) is 21.6 Å². The van der Waals surface area contributed by atoms with Crippen molar-refractivity contribution in [3.63, 3.8) is 0 Å². The van der Waals surface area contributed by atoms with Gasteiger partial charge in [-0.1, -0.05) is 6.42 Å². The highest BCUT2D eigenvalue weighted by Gasteiger charge is 2.26. The Kier molecular flexibility index (Phi) is 6.99. The first-order chi connectivity index (χ1) is 14.6. The number of benzene rings is 2. The predicted molar refractivity (Wildman–Crippen MR) is 116 cm³/mol. The quantitative estimate of drug-likeness (QED) is 0.638. The van der Waals surface area contributed by atoms with E-state index in [-0.39, 0.29) is 16.4 Å². The number of rotatable bonds is 7. The van der Waals surface area contributed by atoms with Crippen LogP contribution in [-0.2, 0) is 24.8 Å². The Bertz CT molecular complexity index is 1160. The standard InChI is InChI=1S/C20H25N3O6S2/c1-15-13-18(31(27,28)23-11-3-2-4-12-23)9-10-19(15)29-14-20(24)22-16-5-7-17(8-6-16)30(21,25)26/h5-10,13H,2-4,11-12,14H2,1H3,(H,22,24)(H2,21,25,26). The third-order valence-corrected chi connectivity index (χ3v) is 7.75. The fourth-order valence-corrected chi connectivity index (χ4v) is 5.39. The number of hydrogen-bond donors (Lipinski definition) is 2. The van der Waals surface area contributed by atoms with Gasteiger partial charge in [-0.05, 0) is 67.8 Å². The lowest BCUT2D eigenvalue weighted by Gasteiger charge is -2.26. The van der Waals surface area contributed by atoms with Crippen molar-refractivity contribution >= 4 is 31.6 Å². The van der Waals surface area contributed by atoms with E-state index >= 15 is 0 Å². The second-order valence-corrected chi connectivity index (χ2v) is 10.8. The van der Waals surface area contributed by atoms with E-state index in [0.29, 0.717) is 30.1 Å². The van der Waals surface area contributed by atoms with E-state index in [1.807, 2.05) is 0 Å². The molecule has 1 heterocycles. The van der Waals surface area contributed by atoms with Gasteiger partial charge in [0.25, 0.3) is 5.91 Å². The van der Waals surface area contributed by atoms with Crippen LogP contribution in [0.2, 0.25) is 0 Å². The molecule has 1 amide bonds. The maximum absolute atomic E-state index is 12.8. The SMILES string of the molecule is Cc1cc(S(=O)(=O)N2CCCCC2)ccc1OCC(=O)Nc1ccc(S(N)(=O)=O)cc1. The van der Waals surface area contributed by atoms with Crippen molar-refractivity contribution in [1.29, 1.82) is 0 Å². The number of aryl methyl sites for hydroxylation is 1. The summed E-state index contributed by atoms with van der Waals surface area (Å²) >= 11 is 0. The molecule has 0 saturated carbocycles. The smallest absolute Gasteiger partial charge is 0.262 e. The number of piperidine rings is 1. The van der Waals surface area contributed by atoms with Crippen LogP contribution in [0.1, 0.15) is 24.8 Å². The molecule has 1 fully saturated rings. The van der Waals surface area contributed by atoms with Gasteiger partial charge in [-0.3, -0.25) is 4.79 Å². The summed E-state index contributed by atoms with van der Waals surface area (Å²) in [7, 11) is -7.34. The summed E-state index contributed by atoms with van der Waals surface area (Å²) < 4.78 is 55.1. The Morgan fingerprint density at radius 3 is 2.19 bits per heavy atom. The first-order valence-electron chi connectivity index (χ1n) is 9.74. The average Bonchev–Trinajstić information content (AvgIpc) is 2.73. The fourth-order valence-electron chi connectivity index (χ4n) is 3.27. The van der Waals surface area contributed by atoms with Gasteiger partial charge in [-0.25, -0.2) is 22.0 Å². The van der Waals surface area contributed by atoms with Crippen LogP contribution in [0.25, 0.3) is 0 Å². The molecular weight excluding hydrogens is 442 g/mol. The highest BCUT2D eigenvalue weighted by atomic mass is 32.2. The number of nitrogens with two attached hydrogens (primary N) is 1. The molecule has 3 N–H and O–H groups in total. The van der Waals surface area contributed by atoms with Crippen molar-refractivity contribution in [2.45, 2.75) is 36.0 Å². The molecule has 0 aliphatic carbocycles. The molecule has 0 radical (unpaired) electrons. The molecule has 0 aromatic heterocycles. The van der Waals surface area contributed by atoms with Crippen molar-refractivity contribution in [3.8, 4) is 5.75 Å². The van der Waals surface area contributed by atoms with Crippen LogP contribution >= 0.6 is 0 Å². The third kappa shape index (κ3) is 5.82. The summed E-state index contributed by atoms with van der Waals surface area (Å²) in [5.41, 5.74) is 0.990. The Hall–Kier alpha value is -2.47. The van der Waals surface area contributed by atoms with E-state index < -0.39 is 26.0 Å². The van der Waals surface area contributed by atoms with Gasteiger partial charge in [0, 0.05) is 18.8 Å². The molecule has 2 aromatic carbocycles. The summed E-state index contributed by atoms with van der Waals surface area (Å²) in [5, 5.41) is 7.63. The number of primary sulfonamides is 1. The lowest BCUT2D eigenvalue weighted by atomic mass is 10.2. The average molecular weight is 468 g/mol. The van der Waals surface area contributed by atoms with Gasteiger partial charge in [0.2, 0.25) is 20.0 Å². The number of nitrogens with zero attached hydrogens (tertiary/aromatic N) is 1. The number of carbonyl (C=O) groups excluding carboxylic acids is 1. The Labute approximate surface area is 182 Å². The molecule has 1 saturated heterocycles. The molecule has 0 bridgehead atoms. The number of amides is 1.